The van der Waals surface area contributed by atoms with E-state index in [1.165, 1.54) is 12.3 Å². The number of alkyl halides is 3. The van der Waals surface area contributed by atoms with Crippen LogP contribution >= 0.6 is 0 Å². The van der Waals surface area contributed by atoms with Gasteiger partial charge in [0.2, 0.25) is 11.8 Å². The standard InChI is InChI=1S/C20H19F3N4O3/c1-13-17(19(28-3)27(2)26-13)11-25-29-12-14-4-7-16(8-5-14)30-18-9-6-15(10-24-18)20(21,22)23/h4-11H,12H2,1-3H3/b25-11+. The molecule has 2 aromatic heterocycles. The van der Waals surface area contributed by atoms with Crippen LogP contribution in [-0.4, -0.2) is 28.1 Å². The van der Waals surface area contributed by atoms with E-state index in [1.54, 1.807) is 43.1 Å². The van der Waals surface area contributed by atoms with E-state index in [-0.39, 0.29) is 12.5 Å². The smallest absolute Gasteiger partial charge is 0.417 e. The first-order valence-electron chi connectivity index (χ1n) is 8.81. The van der Waals surface area contributed by atoms with Crippen LogP contribution in [0.15, 0.2) is 47.8 Å². The summed E-state index contributed by atoms with van der Waals surface area (Å²) < 4.78 is 50.0. The molecule has 0 N–H and O–H groups in total. The van der Waals surface area contributed by atoms with Crippen molar-refractivity contribution in [3.8, 4) is 17.5 Å². The van der Waals surface area contributed by atoms with E-state index in [0.717, 1.165) is 29.1 Å². The van der Waals surface area contributed by atoms with E-state index in [0.29, 0.717) is 11.6 Å². The third-order valence-electron chi connectivity index (χ3n) is 4.10. The van der Waals surface area contributed by atoms with Gasteiger partial charge in [0.15, 0.2) is 0 Å². The van der Waals surface area contributed by atoms with Crippen molar-refractivity contribution in [2.45, 2.75) is 19.7 Å². The van der Waals surface area contributed by atoms with Crippen LogP contribution in [0.4, 0.5) is 13.2 Å². The highest BCUT2D eigenvalue weighted by molar-refractivity contribution is 5.83. The minimum absolute atomic E-state index is 0.0670. The molecule has 1 aromatic carbocycles. The first-order valence-corrected chi connectivity index (χ1v) is 8.81. The van der Waals surface area contributed by atoms with Gasteiger partial charge in [0.05, 0.1) is 30.1 Å². The van der Waals surface area contributed by atoms with Crippen molar-refractivity contribution in [3.05, 3.63) is 65.0 Å². The summed E-state index contributed by atoms with van der Waals surface area (Å²) >= 11 is 0. The Hall–Kier alpha value is -3.56. The van der Waals surface area contributed by atoms with E-state index in [9.17, 15) is 13.2 Å². The molecule has 0 unspecified atom stereocenters. The molecule has 0 radical (unpaired) electrons. The van der Waals surface area contributed by atoms with Crippen molar-refractivity contribution in [2.75, 3.05) is 7.11 Å². The molecule has 0 aliphatic rings. The Labute approximate surface area is 170 Å². The van der Waals surface area contributed by atoms with E-state index < -0.39 is 11.7 Å². The number of methoxy groups -OCH3 is 1. The zero-order valence-electron chi connectivity index (χ0n) is 16.5. The Kier molecular flexibility index (Phi) is 6.24. The number of rotatable bonds is 7. The summed E-state index contributed by atoms with van der Waals surface area (Å²) in [6, 6.07) is 8.92. The first kappa shape index (κ1) is 21.2. The number of ether oxygens (including phenoxy) is 2. The molecule has 0 spiro atoms. The highest BCUT2D eigenvalue weighted by Gasteiger charge is 2.30. The molecule has 3 rings (SSSR count). The summed E-state index contributed by atoms with van der Waals surface area (Å²) in [7, 11) is 3.33. The first-order chi connectivity index (χ1) is 14.3. The predicted octanol–water partition coefficient (Wildman–Crippen LogP) is 4.49. The van der Waals surface area contributed by atoms with Crippen LogP contribution in [0, 0.1) is 6.92 Å². The number of nitrogens with zero attached hydrogens (tertiary/aromatic N) is 4. The minimum atomic E-state index is -4.43. The van der Waals surface area contributed by atoms with E-state index in [1.807, 2.05) is 6.92 Å². The molecule has 0 atom stereocenters. The third kappa shape index (κ3) is 5.07. The number of hydrogen-bond donors (Lipinski definition) is 0. The van der Waals surface area contributed by atoms with E-state index >= 15 is 0 Å². The van der Waals surface area contributed by atoms with Gasteiger partial charge in [-0.05, 0) is 30.7 Å². The van der Waals surface area contributed by atoms with Crippen LogP contribution in [0.25, 0.3) is 0 Å². The summed E-state index contributed by atoms with van der Waals surface area (Å²) in [6.45, 7) is 2.06. The molecule has 0 saturated heterocycles. The van der Waals surface area contributed by atoms with Crippen LogP contribution in [-0.2, 0) is 24.7 Å². The average molecular weight is 420 g/mol. The summed E-state index contributed by atoms with van der Waals surface area (Å²) in [5, 5.41) is 8.20. The normalized spacial score (nSPS) is 11.7. The van der Waals surface area contributed by atoms with Gasteiger partial charge in [0.25, 0.3) is 0 Å². The minimum Gasteiger partial charge on any atom is -0.481 e. The van der Waals surface area contributed by atoms with Gasteiger partial charge in [0, 0.05) is 19.3 Å². The SMILES string of the molecule is COc1c(/C=N/OCc2ccc(Oc3ccc(C(F)(F)F)cn3)cc2)c(C)nn1C. The number of aromatic nitrogens is 3. The Morgan fingerprint density at radius 2 is 1.87 bits per heavy atom. The van der Waals surface area contributed by atoms with Crippen LogP contribution in [0.1, 0.15) is 22.4 Å². The molecule has 3 aromatic rings. The number of benzene rings is 1. The van der Waals surface area contributed by atoms with Crippen LogP contribution in [0.5, 0.6) is 17.5 Å². The monoisotopic (exact) mass is 420 g/mol. The number of aryl methyl sites for hydroxylation is 2. The molecule has 0 aliphatic heterocycles. The van der Waals surface area contributed by atoms with Crippen LogP contribution in [0.3, 0.4) is 0 Å². The van der Waals surface area contributed by atoms with E-state index in [4.69, 9.17) is 14.3 Å². The summed E-state index contributed by atoms with van der Waals surface area (Å²) in [4.78, 5) is 8.98. The number of halogens is 3. The Morgan fingerprint density at radius 3 is 2.47 bits per heavy atom. The lowest BCUT2D eigenvalue weighted by Crippen LogP contribution is -2.05. The van der Waals surface area contributed by atoms with Gasteiger partial charge in [-0.15, -0.1) is 0 Å². The molecule has 10 heteroatoms. The van der Waals surface area contributed by atoms with Gasteiger partial charge in [-0.2, -0.15) is 18.3 Å². The summed E-state index contributed by atoms with van der Waals surface area (Å²) in [6.07, 6.45) is -2.17. The van der Waals surface area contributed by atoms with Gasteiger partial charge in [-0.1, -0.05) is 17.3 Å². The van der Waals surface area contributed by atoms with E-state index in [2.05, 4.69) is 15.2 Å². The quantitative estimate of drug-likeness (QED) is 0.416. The molecular weight excluding hydrogens is 401 g/mol. The fourth-order valence-electron chi connectivity index (χ4n) is 2.63. The molecule has 0 fully saturated rings. The molecular formula is C20H19F3N4O3. The maximum Gasteiger partial charge on any atom is 0.417 e. The highest BCUT2D eigenvalue weighted by atomic mass is 19.4. The maximum atomic E-state index is 12.6. The average Bonchev–Trinajstić information content (AvgIpc) is 2.98. The predicted molar refractivity (Wildman–Crippen MR) is 103 cm³/mol. The zero-order chi connectivity index (χ0) is 21.7. The Balaban J connectivity index is 1.55. The van der Waals surface area contributed by atoms with Crippen molar-refractivity contribution in [2.24, 2.45) is 12.2 Å². The molecule has 7 nitrogen and oxygen atoms in total. The van der Waals surface area contributed by atoms with Crippen molar-refractivity contribution < 1.29 is 27.5 Å². The van der Waals surface area contributed by atoms with Crippen LogP contribution in [0.2, 0.25) is 0 Å². The molecule has 2 heterocycles. The molecule has 0 bridgehead atoms. The maximum absolute atomic E-state index is 12.6. The Morgan fingerprint density at radius 1 is 1.13 bits per heavy atom. The number of pyridine rings is 1. The van der Waals surface area contributed by atoms with Gasteiger partial charge in [-0.25, -0.2) is 9.67 Å². The van der Waals surface area contributed by atoms with Gasteiger partial charge < -0.3 is 14.3 Å². The largest absolute Gasteiger partial charge is 0.481 e. The fourth-order valence-corrected chi connectivity index (χ4v) is 2.63. The molecule has 30 heavy (non-hydrogen) atoms. The van der Waals surface area contributed by atoms with Crippen molar-refractivity contribution >= 4 is 6.21 Å². The van der Waals surface area contributed by atoms with Crippen molar-refractivity contribution in [1.29, 1.82) is 0 Å². The molecule has 0 aliphatic carbocycles. The number of hydrogen-bond acceptors (Lipinski definition) is 6. The second-order valence-corrected chi connectivity index (χ2v) is 6.27. The van der Waals surface area contributed by atoms with Crippen molar-refractivity contribution in [1.82, 2.24) is 14.8 Å². The fraction of sp³-hybridized carbons (Fsp3) is 0.250. The van der Waals surface area contributed by atoms with Crippen molar-refractivity contribution in [3.63, 3.8) is 0 Å². The number of oxime groups is 1. The zero-order valence-corrected chi connectivity index (χ0v) is 16.5. The lowest BCUT2D eigenvalue weighted by Gasteiger charge is -2.08. The molecule has 0 saturated carbocycles. The second-order valence-electron chi connectivity index (χ2n) is 6.27. The topological polar surface area (TPSA) is 70.8 Å². The van der Waals surface area contributed by atoms with Gasteiger partial charge in [0.1, 0.15) is 12.4 Å². The lowest BCUT2D eigenvalue weighted by atomic mass is 10.2. The van der Waals surface area contributed by atoms with Gasteiger partial charge in [-0.3, -0.25) is 0 Å². The Bertz CT molecular complexity index is 1010. The third-order valence-corrected chi connectivity index (χ3v) is 4.10. The second kappa shape index (κ2) is 8.85. The summed E-state index contributed by atoms with van der Waals surface area (Å²) in [5.41, 5.74) is 1.49. The lowest BCUT2D eigenvalue weighted by molar-refractivity contribution is -0.137. The molecule has 0 amide bonds. The van der Waals surface area contributed by atoms with Gasteiger partial charge >= 0.3 is 6.18 Å². The summed E-state index contributed by atoms with van der Waals surface area (Å²) in [5.74, 6) is 1.08. The van der Waals surface area contributed by atoms with Crippen LogP contribution < -0.4 is 9.47 Å². The molecule has 158 valence electrons. The highest BCUT2D eigenvalue weighted by Crippen LogP contribution is 2.30.